The molecule has 0 bridgehead atoms. The Bertz CT molecular complexity index is 459. The maximum atomic E-state index is 12.9. The molecule has 0 spiro atoms. The van der Waals surface area contributed by atoms with E-state index >= 15 is 0 Å². The van der Waals surface area contributed by atoms with Crippen molar-refractivity contribution in [2.75, 3.05) is 0 Å². The highest BCUT2D eigenvalue weighted by Gasteiger charge is 2.02. The fraction of sp³-hybridized carbons (Fsp3) is 0.182. The van der Waals surface area contributed by atoms with Gasteiger partial charge in [-0.3, -0.25) is 0 Å². The van der Waals surface area contributed by atoms with E-state index in [0.29, 0.717) is 18.7 Å². The Morgan fingerprint density at radius 1 is 1.38 bits per heavy atom. The Kier molecular flexibility index (Phi) is 3.48. The van der Waals surface area contributed by atoms with Gasteiger partial charge in [0.2, 0.25) is 0 Å². The first-order valence-corrected chi connectivity index (χ1v) is 5.75. The highest BCUT2D eigenvalue weighted by atomic mass is 32.1. The summed E-state index contributed by atoms with van der Waals surface area (Å²) in [6, 6.07) is 3.91. The first-order chi connectivity index (χ1) is 7.75. The summed E-state index contributed by atoms with van der Waals surface area (Å²) in [7, 11) is 0. The van der Waals surface area contributed by atoms with Crippen molar-refractivity contribution in [3.8, 4) is 5.75 Å². The van der Waals surface area contributed by atoms with Gasteiger partial charge in [-0.05, 0) is 18.2 Å². The van der Waals surface area contributed by atoms with E-state index in [1.807, 2.05) is 5.38 Å². The summed E-state index contributed by atoms with van der Waals surface area (Å²) in [6.45, 7) is 1.03. The van der Waals surface area contributed by atoms with E-state index in [1.54, 1.807) is 5.51 Å². The Hall–Kier alpha value is -1.46. The molecule has 2 rings (SSSR count). The van der Waals surface area contributed by atoms with Gasteiger partial charge in [0.15, 0.2) is 0 Å². The second-order valence-electron chi connectivity index (χ2n) is 3.36. The van der Waals surface area contributed by atoms with Gasteiger partial charge in [0.05, 0.1) is 11.2 Å². The largest absolute Gasteiger partial charge is 0.508 e. The first-order valence-electron chi connectivity index (χ1n) is 4.81. The van der Waals surface area contributed by atoms with Crippen LogP contribution in [0.5, 0.6) is 5.75 Å². The zero-order valence-electron chi connectivity index (χ0n) is 8.48. The molecule has 0 aliphatic carbocycles. The van der Waals surface area contributed by atoms with Crippen molar-refractivity contribution in [3.05, 3.63) is 46.2 Å². The lowest BCUT2D eigenvalue weighted by molar-refractivity contribution is 0.461. The Labute approximate surface area is 96.6 Å². The third-order valence-corrected chi connectivity index (χ3v) is 2.78. The zero-order chi connectivity index (χ0) is 11.4. The van der Waals surface area contributed by atoms with Crippen molar-refractivity contribution in [2.24, 2.45) is 0 Å². The second-order valence-corrected chi connectivity index (χ2v) is 4.08. The van der Waals surface area contributed by atoms with E-state index < -0.39 is 0 Å². The Morgan fingerprint density at radius 3 is 3.00 bits per heavy atom. The summed E-state index contributed by atoms with van der Waals surface area (Å²) in [4.78, 5) is 4.11. The van der Waals surface area contributed by atoms with Crippen LogP contribution in [0.4, 0.5) is 4.39 Å². The molecule has 0 fully saturated rings. The Morgan fingerprint density at radius 2 is 2.25 bits per heavy atom. The standard InChI is InChI=1S/C11H11FN2OS/c12-9-1-2-11(15)8(3-9)4-13-5-10-6-16-7-14-10/h1-3,6-7,13,15H,4-5H2. The van der Waals surface area contributed by atoms with Gasteiger partial charge in [0.25, 0.3) is 0 Å². The summed E-state index contributed by atoms with van der Waals surface area (Å²) in [6.07, 6.45) is 0. The molecule has 0 amide bonds. The smallest absolute Gasteiger partial charge is 0.123 e. The van der Waals surface area contributed by atoms with Crippen LogP contribution in [0, 0.1) is 5.82 Å². The monoisotopic (exact) mass is 238 g/mol. The van der Waals surface area contributed by atoms with E-state index in [4.69, 9.17) is 0 Å². The molecule has 0 saturated heterocycles. The lowest BCUT2D eigenvalue weighted by atomic mass is 10.2. The number of benzene rings is 1. The van der Waals surface area contributed by atoms with E-state index in [1.165, 1.54) is 29.5 Å². The van der Waals surface area contributed by atoms with Crippen LogP contribution in [0.25, 0.3) is 0 Å². The van der Waals surface area contributed by atoms with Gasteiger partial charge in [0, 0.05) is 24.0 Å². The van der Waals surface area contributed by atoms with Crippen LogP contribution < -0.4 is 5.32 Å². The van der Waals surface area contributed by atoms with Crippen LogP contribution in [-0.2, 0) is 13.1 Å². The van der Waals surface area contributed by atoms with E-state index in [9.17, 15) is 9.50 Å². The number of nitrogens with zero attached hydrogens (tertiary/aromatic N) is 1. The molecule has 1 heterocycles. The average Bonchev–Trinajstić information content (AvgIpc) is 2.76. The third-order valence-electron chi connectivity index (χ3n) is 2.15. The van der Waals surface area contributed by atoms with Crippen molar-refractivity contribution in [2.45, 2.75) is 13.1 Å². The zero-order valence-corrected chi connectivity index (χ0v) is 9.30. The molecule has 2 aromatic rings. The van der Waals surface area contributed by atoms with Crippen molar-refractivity contribution in [1.82, 2.24) is 10.3 Å². The highest BCUT2D eigenvalue weighted by molar-refractivity contribution is 7.07. The summed E-state index contributed by atoms with van der Waals surface area (Å²) < 4.78 is 12.9. The molecule has 0 aliphatic rings. The van der Waals surface area contributed by atoms with Crippen LogP contribution in [0.15, 0.2) is 29.1 Å². The van der Waals surface area contributed by atoms with E-state index in [-0.39, 0.29) is 11.6 Å². The molecule has 84 valence electrons. The molecule has 0 unspecified atom stereocenters. The second kappa shape index (κ2) is 5.05. The highest BCUT2D eigenvalue weighted by Crippen LogP contribution is 2.17. The number of hydrogen-bond donors (Lipinski definition) is 2. The summed E-state index contributed by atoms with van der Waals surface area (Å²) in [5.41, 5.74) is 3.26. The molecule has 0 radical (unpaired) electrons. The minimum Gasteiger partial charge on any atom is -0.508 e. The van der Waals surface area contributed by atoms with Gasteiger partial charge in [-0.1, -0.05) is 0 Å². The molecule has 3 nitrogen and oxygen atoms in total. The van der Waals surface area contributed by atoms with E-state index in [2.05, 4.69) is 10.3 Å². The average molecular weight is 238 g/mol. The maximum absolute atomic E-state index is 12.9. The number of nitrogens with one attached hydrogen (secondary N) is 1. The fourth-order valence-corrected chi connectivity index (χ4v) is 1.90. The molecule has 1 aromatic heterocycles. The minimum absolute atomic E-state index is 0.104. The van der Waals surface area contributed by atoms with Gasteiger partial charge in [-0.25, -0.2) is 9.37 Å². The minimum atomic E-state index is -0.344. The topological polar surface area (TPSA) is 45.1 Å². The molecule has 1 aromatic carbocycles. The number of aromatic hydroxyl groups is 1. The molecular formula is C11H11FN2OS. The van der Waals surface area contributed by atoms with Gasteiger partial charge in [-0.15, -0.1) is 11.3 Å². The first kappa shape index (κ1) is 11.0. The maximum Gasteiger partial charge on any atom is 0.123 e. The van der Waals surface area contributed by atoms with Crippen LogP contribution in [0.3, 0.4) is 0 Å². The molecule has 0 aliphatic heterocycles. The summed E-state index contributed by atoms with van der Waals surface area (Å²) >= 11 is 1.53. The van der Waals surface area contributed by atoms with Gasteiger partial charge in [-0.2, -0.15) is 0 Å². The van der Waals surface area contributed by atoms with Gasteiger partial charge >= 0.3 is 0 Å². The predicted molar refractivity (Wildman–Crippen MR) is 60.7 cm³/mol. The number of aromatic nitrogens is 1. The van der Waals surface area contributed by atoms with Crippen molar-refractivity contribution in [1.29, 1.82) is 0 Å². The lowest BCUT2D eigenvalue weighted by Crippen LogP contribution is -2.13. The molecular weight excluding hydrogens is 227 g/mol. The number of phenolic OH excluding ortho intramolecular Hbond substituents is 1. The summed E-state index contributed by atoms with van der Waals surface area (Å²) in [5, 5.41) is 14.5. The number of hydrogen-bond acceptors (Lipinski definition) is 4. The van der Waals surface area contributed by atoms with Crippen LogP contribution in [-0.4, -0.2) is 10.1 Å². The molecule has 16 heavy (non-hydrogen) atoms. The molecule has 5 heteroatoms. The Balaban J connectivity index is 1.92. The van der Waals surface area contributed by atoms with Crippen LogP contribution in [0.2, 0.25) is 0 Å². The van der Waals surface area contributed by atoms with Crippen molar-refractivity contribution in [3.63, 3.8) is 0 Å². The van der Waals surface area contributed by atoms with Gasteiger partial charge in [0.1, 0.15) is 11.6 Å². The molecule has 0 atom stereocenters. The predicted octanol–water partition coefficient (Wildman–Crippen LogP) is 2.28. The van der Waals surface area contributed by atoms with Crippen LogP contribution >= 0.6 is 11.3 Å². The summed E-state index contributed by atoms with van der Waals surface area (Å²) in [5.74, 6) is -0.240. The number of phenols is 1. The lowest BCUT2D eigenvalue weighted by Gasteiger charge is -2.05. The molecule has 2 N–H and O–H groups in total. The van der Waals surface area contributed by atoms with Gasteiger partial charge < -0.3 is 10.4 Å². The van der Waals surface area contributed by atoms with Crippen molar-refractivity contribution < 1.29 is 9.50 Å². The van der Waals surface area contributed by atoms with E-state index in [0.717, 1.165) is 5.69 Å². The van der Waals surface area contributed by atoms with Crippen LogP contribution in [0.1, 0.15) is 11.3 Å². The number of thiazole rings is 1. The fourth-order valence-electron chi connectivity index (χ4n) is 1.35. The number of rotatable bonds is 4. The quantitative estimate of drug-likeness (QED) is 0.859. The SMILES string of the molecule is Oc1ccc(F)cc1CNCc1cscn1. The third kappa shape index (κ3) is 2.77. The van der Waals surface area contributed by atoms with Crippen molar-refractivity contribution >= 4 is 11.3 Å². The normalized spacial score (nSPS) is 10.6. The number of halogens is 1. The molecule has 0 saturated carbocycles.